The zero-order chi connectivity index (χ0) is 14.3. The smallest absolute Gasteiger partial charge is 0.288 e. The largest absolute Gasteiger partial charge is 0.293 e. The van der Waals surface area contributed by atoms with Crippen LogP contribution in [0.15, 0.2) is 30.9 Å². The zero-order valence-corrected chi connectivity index (χ0v) is 11.0. The topological polar surface area (TPSA) is 56.0 Å². The number of halogens is 3. The normalized spacial score (nSPS) is 12.0. The van der Waals surface area contributed by atoms with Crippen LogP contribution >= 0.6 is 11.6 Å². The molecule has 0 aliphatic heterocycles. The number of aromatic nitrogens is 5. The van der Waals surface area contributed by atoms with Gasteiger partial charge in [0.2, 0.25) is 0 Å². The highest BCUT2D eigenvalue weighted by Gasteiger charge is 2.27. The summed E-state index contributed by atoms with van der Waals surface area (Å²) in [6, 6.07) is 1.53. The van der Waals surface area contributed by atoms with Crippen LogP contribution in [-0.4, -0.2) is 24.3 Å². The Morgan fingerprint density at radius 3 is 2.70 bits per heavy atom. The highest BCUT2D eigenvalue weighted by atomic mass is 35.5. The van der Waals surface area contributed by atoms with Crippen LogP contribution in [0.1, 0.15) is 12.6 Å². The van der Waals surface area contributed by atoms with Crippen molar-refractivity contribution < 1.29 is 8.78 Å². The molecule has 0 aromatic carbocycles. The Morgan fingerprint density at radius 2 is 2.00 bits per heavy atom. The van der Waals surface area contributed by atoms with E-state index in [9.17, 15) is 8.78 Å². The molecule has 5 nitrogen and oxygen atoms in total. The van der Waals surface area contributed by atoms with Gasteiger partial charge < -0.3 is 0 Å². The van der Waals surface area contributed by atoms with Crippen molar-refractivity contribution in [3.05, 3.63) is 41.7 Å². The number of hydrogen-bond donors (Lipinski definition) is 0. The van der Waals surface area contributed by atoms with E-state index < -0.39 is 5.92 Å². The van der Waals surface area contributed by atoms with E-state index in [4.69, 9.17) is 11.6 Å². The van der Waals surface area contributed by atoms with Crippen molar-refractivity contribution >= 4 is 17.2 Å². The van der Waals surface area contributed by atoms with Gasteiger partial charge in [0.15, 0.2) is 11.5 Å². The van der Waals surface area contributed by atoms with Crippen molar-refractivity contribution in [3.63, 3.8) is 0 Å². The van der Waals surface area contributed by atoms with Gasteiger partial charge in [0, 0.05) is 19.3 Å². The fourth-order valence-corrected chi connectivity index (χ4v) is 1.88. The van der Waals surface area contributed by atoms with Crippen LogP contribution in [-0.2, 0) is 5.92 Å². The molecular formula is C12H8ClF2N5. The molecule has 3 heterocycles. The van der Waals surface area contributed by atoms with Gasteiger partial charge in [-0.1, -0.05) is 11.6 Å². The lowest BCUT2D eigenvalue weighted by Crippen LogP contribution is -2.11. The van der Waals surface area contributed by atoms with Crippen LogP contribution in [0.5, 0.6) is 0 Å². The average molecular weight is 296 g/mol. The van der Waals surface area contributed by atoms with Crippen molar-refractivity contribution in [3.8, 4) is 11.5 Å². The van der Waals surface area contributed by atoms with E-state index in [1.54, 1.807) is 0 Å². The van der Waals surface area contributed by atoms with Gasteiger partial charge in [0.25, 0.3) is 5.92 Å². The number of nitrogens with zero attached hydrogens (tertiary/aromatic N) is 5. The van der Waals surface area contributed by atoms with E-state index in [0.29, 0.717) is 17.2 Å². The number of hydrogen-bond acceptors (Lipinski definition) is 4. The van der Waals surface area contributed by atoms with Crippen molar-refractivity contribution in [1.29, 1.82) is 0 Å². The first kappa shape index (κ1) is 12.9. The summed E-state index contributed by atoms with van der Waals surface area (Å²) in [5, 5.41) is 0.264. The van der Waals surface area contributed by atoms with Gasteiger partial charge in [-0.2, -0.15) is 8.78 Å². The predicted molar refractivity (Wildman–Crippen MR) is 68.6 cm³/mol. The zero-order valence-electron chi connectivity index (χ0n) is 10.3. The summed E-state index contributed by atoms with van der Waals surface area (Å²) in [6.45, 7) is 0.785. The van der Waals surface area contributed by atoms with E-state index in [1.165, 1.54) is 35.3 Å². The predicted octanol–water partition coefficient (Wildman–Crippen LogP) is 2.95. The molecule has 8 heteroatoms. The summed E-state index contributed by atoms with van der Waals surface area (Å²) < 4.78 is 28.1. The van der Waals surface area contributed by atoms with E-state index in [2.05, 4.69) is 19.9 Å². The van der Waals surface area contributed by atoms with Gasteiger partial charge in [0.1, 0.15) is 16.5 Å². The molecule has 0 fully saturated rings. The minimum atomic E-state index is -3.04. The molecule has 102 valence electrons. The summed E-state index contributed by atoms with van der Waals surface area (Å²) in [6.07, 6.45) is 5.48. The molecule has 0 aliphatic carbocycles. The minimum Gasteiger partial charge on any atom is -0.293 e. The standard InChI is InChI=1S/C12H8ClF2N5/c1-12(14,15)8-6-20-7(4-18-10(20)5-17-8)11-16-3-2-9(13)19-11/h2-6H,1H3. The van der Waals surface area contributed by atoms with Crippen LogP contribution in [0.25, 0.3) is 17.2 Å². The summed E-state index contributed by atoms with van der Waals surface area (Å²) in [7, 11) is 0. The first-order valence-corrected chi connectivity index (χ1v) is 6.03. The molecule has 0 spiro atoms. The van der Waals surface area contributed by atoms with Gasteiger partial charge in [-0.25, -0.2) is 19.9 Å². The van der Waals surface area contributed by atoms with E-state index in [1.807, 2.05) is 0 Å². The van der Waals surface area contributed by atoms with Crippen molar-refractivity contribution in [2.75, 3.05) is 0 Å². The molecule has 0 radical (unpaired) electrons. The molecule has 0 N–H and O–H groups in total. The summed E-state index contributed by atoms with van der Waals surface area (Å²) >= 11 is 5.80. The van der Waals surface area contributed by atoms with E-state index in [0.717, 1.165) is 6.92 Å². The van der Waals surface area contributed by atoms with Crippen molar-refractivity contribution in [2.45, 2.75) is 12.8 Å². The molecule has 20 heavy (non-hydrogen) atoms. The Bertz CT molecular complexity index is 781. The van der Waals surface area contributed by atoms with Gasteiger partial charge in [-0.15, -0.1) is 0 Å². The molecule has 0 unspecified atom stereocenters. The Balaban J connectivity index is 2.22. The molecule has 0 bridgehead atoms. The third-order valence-electron chi connectivity index (χ3n) is 2.70. The SMILES string of the molecule is CC(F)(F)c1cn2c(-c3nccc(Cl)n3)cnc2cn1. The second kappa shape index (κ2) is 4.45. The molecular weight excluding hydrogens is 288 g/mol. The summed E-state index contributed by atoms with van der Waals surface area (Å²) in [5.74, 6) is -2.73. The number of fused-ring (bicyclic) bond motifs is 1. The third-order valence-corrected chi connectivity index (χ3v) is 2.91. The highest BCUT2D eigenvalue weighted by molar-refractivity contribution is 6.29. The molecule has 0 saturated carbocycles. The fraction of sp³-hybridized carbons (Fsp3) is 0.167. The maximum atomic E-state index is 13.3. The number of alkyl halides is 2. The Kier molecular flexibility index (Phi) is 2.86. The van der Waals surface area contributed by atoms with E-state index in [-0.39, 0.29) is 10.8 Å². The molecule has 0 saturated heterocycles. The maximum absolute atomic E-state index is 13.3. The second-order valence-electron chi connectivity index (χ2n) is 4.24. The monoisotopic (exact) mass is 295 g/mol. The van der Waals surface area contributed by atoms with Crippen LogP contribution in [0.3, 0.4) is 0 Å². The summed E-state index contributed by atoms with van der Waals surface area (Å²) in [4.78, 5) is 15.9. The fourth-order valence-electron chi connectivity index (χ4n) is 1.74. The molecule has 0 amide bonds. The van der Waals surface area contributed by atoms with Crippen molar-refractivity contribution in [2.24, 2.45) is 0 Å². The van der Waals surface area contributed by atoms with Gasteiger partial charge in [-0.05, 0) is 6.07 Å². The van der Waals surface area contributed by atoms with Gasteiger partial charge in [0.05, 0.1) is 12.4 Å². The van der Waals surface area contributed by atoms with E-state index >= 15 is 0 Å². The lowest BCUT2D eigenvalue weighted by atomic mass is 10.3. The summed E-state index contributed by atoms with van der Waals surface area (Å²) in [5.41, 5.74) is 0.540. The number of rotatable bonds is 2. The highest BCUT2D eigenvalue weighted by Crippen LogP contribution is 2.26. The Morgan fingerprint density at radius 1 is 1.20 bits per heavy atom. The minimum absolute atomic E-state index is 0.264. The van der Waals surface area contributed by atoms with Crippen LogP contribution in [0, 0.1) is 0 Å². The number of imidazole rings is 1. The lowest BCUT2D eigenvalue weighted by molar-refractivity contribution is 0.0123. The molecule has 0 atom stereocenters. The Hall–Kier alpha value is -2.15. The maximum Gasteiger partial charge on any atom is 0.288 e. The first-order valence-electron chi connectivity index (χ1n) is 5.65. The van der Waals surface area contributed by atoms with Gasteiger partial charge >= 0.3 is 0 Å². The molecule has 3 rings (SSSR count). The van der Waals surface area contributed by atoms with Crippen molar-refractivity contribution in [1.82, 2.24) is 24.3 Å². The van der Waals surface area contributed by atoms with Gasteiger partial charge in [-0.3, -0.25) is 4.40 Å². The van der Waals surface area contributed by atoms with Crippen LogP contribution < -0.4 is 0 Å². The molecule has 3 aromatic rings. The van der Waals surface area contributed by atoms with Crippen LogP contribution in [0.4, 0.5) is 8.78 Å². The average Bonchev–Trinajstić information content (AvgIpc) is 2.80. The molecule has 0 aliphatic rings. The third kappa shape index (κ3) is 2.20. The molecule has 3 aromatic heterocycles. The lowest BCUT2D eigenvalue weighted by Gasteiger charge is -2.10. The second-order valence-corrected chi connectivity index (χ2v) is 4.62. The quantitative estimate of drug-likeness (QED) is 0.682. The first-order chi connectivity index (χ1) is 9.45. The van der Waals surface area contributed by atoms with Crippen LogP contribution in [0.2, 0.25) is 5.15 Å². The Labute approximate surface area is 117 Å².